The lowest BCUT2D eigenvalue weighted by Gasteiger charge is -2.38. The van der Waals surface area contributed by atoms with Gasteiger partial charge in [0.15, 0.2) is 11.5 Å². The Hall–Kier alpha value is -4.09. The minimum absolute atomic E-state index is 0.0846. The third kappa shape index (κ3) is 4.58. The molecule has 0 radical (unpaired) electrons. The minimum Gasteiger partial charge on any atom is -0.422 e. The third-order valence-electron chi connectivity index (χ3n) is 7.17. The molecule has 0 saturated carbocycles. The van der Waals surface area contributed by atoms with Crippen LogP contribution >= 0.6 is 0 Å². The molecule has 0 N–H and O–H groups in total. The average Bonchev–Trinajstić information content (AvgIpc) is 2.90. The molecule has 36 heavy (non-hydrogen) atoms. The van der Waals surface area contributed by atoms with Gasteiger partial charge in [-0.1, -0.05) is 54.5 Å². The van der Waals surface area contributed by atoms with Crippen LogP contribution in [0.1, 0.15) is 59.2 Å². The maximum Gasteiger partial charge on any atom is 0.343 e. The van der Waals surface area contributed by atoms with Crippen molar-refractivity contribution in [2.24, 2.45) is 11.0 Å². The number of ether oxygens (including phenoxy) is 2. The van der Waals surface area contributed by atoms with Gasteiger partial charge in [-0.3, -0.25) is 4.79 Å². The van der Waals surface area contributed by atoms with Crippen LogP contribution in [0.25, 0.3) is 21.6 Å². The summed E-state index contributed by atoms with van der Waals surface area (Å²) in [5.74, 6) is 0.459. The van der Waals surface area contributed by atoms with Crippen molar-refractivity contribution in [3.05, 3.63) is 93.4 Å². The van der Waals surface area contributed by atoms with Gasteiger partial charge in [0.25, 0.3) is 0 Å². The summed E-state index contributed by atoms with van der Waals surface area (Å²) in [4.78, 5) is 28.5. The molecule has 0 aromatic heterocycles. The molecule has 2 aliphatic rings. The van der Waals surface area contributed by atoms with Crippen LogP contribution in [0.3, 0.4) is 0 Å². The summed E-state index contributed by atoms with van der Waals surface area (Å²) in [7, 11) is 0. The number of nitrogens with zero attached hydrogens (tertiary/aromatic N) is 3. The van der Waals surface area contributed by atoms with Gasteiger partial charge >= 0.3 is 11.9 Å². The molecule has 0 bridgehead atoms. The number of hydrogen-bond donors (Lipinski definition) is 0. The highest BCUT2D eigenvalue weighted by Crippen LogP contribution is 2.53. The van der Waals surface area contributed by atoms with Gasteiger partial charge in [0, 0.05) is 23.4 Å². The summed E-state index contributed by atoms with van der Waals surface area (Å²) in [6.07, 6.45) is 3.47. The Morgan fingerprint density at radius 2 is 1.86 bits per heavy atom. The van der Waals surface area contributed by atoms with Gasteiger partial charge in [-0.25, -0.2) is 4.79 Å². The van der Waals surface area contributed by atoms with Gasteiger partial charge in [0.1, 0.15) is 0 Å². The number of carbonyl (C=O) groups excluding carboxylic acids is 2. The topological polar surface area (TPSA) is 101 Å². The van der Waals surface area contributed by atoms with Crippen LogP contribution in [0.15, 0.2) is 65.8 Å². The first-order chi connectivity index (χ1) is 17.6. The first-order valence-electron chi connectivity index (χ1n) is 12.3. The van der Waals surface area contributed by atoms with Crippen molar-refractivity contribution in [1.29, 1.82) is 0 Å². The molecule has 0 spiro atoms. The van der Waals surface area contributed by atoms with Crippen LogP contribution in [0.5, 0.6) is 11.5 Å². The molecule has 0 heterocycles. The van der Waals surface area contributed by atoms with Crippen LogP contribution in [0, 0.1) is 5.92 Å². The van der Waals surface area contributed by atoms with Gasteiger partial charge in [0.05, 0.1) is 5.56 Å². The zero-order chi connectivity index (χ0) is 25.1. The molecule has 3 aromatic rings. The fourth-order valence-corrected chi connectivity index (χ4v) is 5.38. The first-order valence-corrected chi connectivity index (χ1v) is 12.3. The van der Waals surface area contributed by atoms with Crippen molar-refractivity contribution in [2.75, 3.05) is 6.54 Å². The van der Waals surface area contributed by atoms with Crippen LogP contribution in [0.2, 0.25) is 0 Å². The Morgan fingerprint density at radius 1 is 1.03 bits per heavy atom. The van der Waals surface area contributed by atoms with E-state index >= 15 is 0 Å². The molecule has 0 fully saturated rings. The van der Waals surface area contributed by atoms with Crippen molar-refractivity contribution < 1.29 is 19.1 Å². The molecule has 0 amide bonds. The number of benzene rings is 3. The van der Waals surface area contributed by atoms with Gasteiger partial charge in [-0.2, -0.15) is 0 Å². The number of aryl methyl sites for hydroxylation is 1. The van der Waals surface area contributed by atoms with E-state index in [1.165, 1.54) is 11.1 Å². The van der Waals surface area contributed by atoms with Crippen molar-refractivity contribution in [3.63, 3.8) is 0 Å². The van der Waals surface area contributed by atoms with E-state index in [-0.39, 0.29) is 24.5 Å². The summed E-state index contributed by atoms with van der Waals surface area (Å²) in [5.41, 5.74) is 14.5. The molecular formula is C29H27N3O4. The molecular weight excluding hydrogens is 454 g/mol. The lowest BCUT2D eigenvalue weighted by Crippen LogP contribution is -2.25. The van der Waals surface area contributed by atoms with E-state index in [4.69, 9.17) is 15.0 Å². The van der Waals surface area contributed by atoms with Gasteiger partial charge in [0.2, 0.25) is 0 Å². The Kier molecular flexibility index (Phi) is 6.74. The van der Waals surface area contributed by atoms with E-state index in [0.29, 0.717) is 23.8 Å². The molecule has 182 valence electrons. The van der Waals surface area contributed by atoms with Gasteiger partial charge < -0.3 is 9.47 Å². The molecule has 5 rings (SSSR count). The van der Waals surface area contributed by atoms with Crippen LogP contribution in [0.4, 0.5) is 0 Å². The molecule has 0 saturated heterocycles. The summed E-state index contributed by atoms with van der Waals surface area (Å²) >= 11 is 0. The van der Waals surface area contributed by atoms with Crippen LogP contribution in [-0.2, 0) is 17.6 Å². The summed E-state index contributed by atoms with van der Waals surface area (Å²) in [5, 5.41) is 3.49. The highest BCUT2D eigenvalue weighted by molar-refractivity contribution is 5.93. The van der Waals surface area contributed by atoms with E-state index in [0.717, 1.165) is 36.0 Å². The van der Waals surface area contributed by atoms with Crippen LogP contribution in [-0.4, -0.2) is 18.5 Å². The fourth-order valence-electron chi connectivity index (χ4n) is 5.38. The standard InChI is InChI=1S/C29H27N3O4/c1-18-12-13-19-9-5-10-22-26(19)23(18)17-21-14-15-24(35-29(34)20-7-3-2-4-8-20)28(27(21)22)36-25(33)11-6-16-31-32-30/h2-5,7-10,14-15,18,23H,6,11-13,16-17H2,1H3/t18?,23-/m0/s1. The maximum absolute atomic E-state index is 12.9. The Labute approximate surface area is 209 Å². The molecule has 2 atom stereocenters. The number of rotatable bonds is 7. The smallest absolute Gasteiger partial charge is 0.343 e. The van der Waals surface area contributed by atoms with Crippen molar-refractivity contribution in [3.8, 4) is 22.6 Å². The SMILES string of the molecule is CC1CCc2cccc3c2[C@H]1Cc1ccc(OC(=O)c2ccccc2)c(OC(=O)CCCN=[N+]=[N-])c1-3. The Morgan fingerprint density at radius 3 is 2.67 bits per heavy atom. The summed E-state index contributed by atoms with van der Waals surface area (Å²) in [6.45, 7) is 2.51. The second-order valence-electron chi connectivity index (χ2n) is 9.42. The van der Waals surface area contributed by atoms with E-state index < -0.39 is 11.9 Å². The highest BCUT2D eigenvalue weighted by atomic mass is 16.6. The fraction of sp³-hybridized carbons (Fsp3) is 0.310. The third-order valence-corrected chi connectivity index (χ3v) is 7.17. The first kappa shape index (κ1) is 23.6. The lowest BCUT2D eigenvalue weighted by molar-refractivity contribution is -0.134. The Bertz CT molecular complexity index is 1360. The quantitative estimate of drug-likeness (QED) is 0.0925. The largest absolute Gasteiger partial charge is 0.422 e. The molecule has 7 heteroatoms. The number of hydrogen-bond acceptors (Lipinski definition) is 5. The second kappa shape index (κ2) is 10.3. The number of esters is 2. The molecule has 1 unspecified atom stereocenters. The van der Waals surface area contributed by atoms with Gasteiger partial charge in [-0.05, 0) is 83.5 Å². The van der Waals surface area contributed by atoms with Crippen molar-refractivity contribution >= 4 is 11.9 Å². The normalized spacial score (nSPS) is 17.2. The van der Waals surface area contributed by atoms with Crippen molar-refractivity contribution in [2.45, 2.75) is 44.9 Å². The van der Waals surface area contributed by atoms with Crippen molar-refractivity contribution in [1.82, 2.24) is 0 Å². The molecule has 7 nitrogen and oxygen atoms in total. The van der Waals surface area contributed by atoms with E-state index in [1.54, 1.807) is 30.3 Å². The predicted octanol–water partition coefficient (Wildman–Crippen LogP) is 6.79. The molecule has 2 aliphatic carbocycles. The minimum atomic E-state index is -0.520. The number of fused-ring (bicyclic) bond motifs is 2. The lowest BCUT2D eigenvalue weighted by atomic mass is 9.67. The zero-order valence-electron chi connectivity index (χ0n) is 20.1. The summed E-state index contributed by atoms with van der Waals surface area (Å²) in [6, 6.07) is 18.7. The molecule has 3 aromatic carbocycles. The van der Waals surface area contributed by atoms with E-state index in [9.17, 15) is 9.59 Å². The van der Waals surface area contributed by atoms with E-state index in [1.807, 2.05) is 18.2 Å². The zero-order valence-corrected chi connectivity index (χ0v) is 20.1. The average molecular weight is 482 g/mol. The second-order valence-corrected chi connectivity index (χ2v) is 9.42. The predicted molar refractivity (Wildman–Crippen MR) is 136 cm³/mol. The summed E-state index contributed by atoms with van der Waals surface area (Å²) < 4.78 is 11.7. The monoisotopic (exact) mass is 481 g/mol. The molecule has 0 aliphatic heterocycles. The van der Waals surface area contributed by atoms with Gasteiger partial charge in [-0.15, -0.1) is 0 Å². The highest BCUT2D eigenvalue weighted by Gasteiger charge is 2.36. The number of azide groups is 1. The van der Waals surface area contributed by atoms with E-state index in [2.05, 4.69) is 29.1 Å². The maximum atomic E-state index is 12.9. The van der Waals surface area contributed by atoms with Crippen LogP contribution < -0.4 is 9.47 Å². The number of carbonyl (C=O) groups is 2. The Balaban J connectivity index is 1.57.